The lowest BCUT2D eigenvalue weighted by Gasteiger charge is -2.13. The number of hydrogen-bond donors (Lipinski definition) is 2. The lowest BCUT2D eigenvalue weighted by molar-refractivity contribution is 0.101. The number of aryl methyl sites for hydroxylation is 1. The summed E-state index contributed by atoms with van der Waals surface area (Å²) in [5.74, 6) is -0.697. The molecule has 2 amide bonds. The number of carbonyl (C=O) groups excluding carboxylic acids is 2. The van der Waals surface area contributed by atoms with E-state index in [1.165, 1.54) is 0 Å². The molecule has 0 aliphatic rings. The van der Waals surface area contributed by atoms with Gasteiger partial charge in [0.2, 0.25) is 0 Å². The monoisotopic (exact) mass is 332 g/mol. The van der Waals surface area contributed by atoms with E-state index in [4.69, 9.17) is 0 Å². The average Bonchev–Trinajstić information content (AvgIpc) is 2.65. The lowest BCUT2D eigenvalue weighted by atomic mass is 10.1. The molecule has 0 atom stereocenters. The number of benzene rings is 1. The van der Waals surface area contributed by atoms with E-state index in [1.54, 1.807) is 60.9 Å². The average molecular weight is 332 g/mol. The summed E-state index contributed by atoms with van der Waals surface area (Å²) in [6, 6.07) is 15.6. The molecule has 3 aromatic rings. The van der Waals surface area contributed by atoms with Crippen LogP contribution >= 0.6 is 0 Å². The summed E-state index contributed by atoms with van der Waals surface area (Å²) in [6.45, 7) is 1.90. The van der Waals surface area contributed by atoms with E-state index in [2.05, 4.69) is 20.6 Å². The molecule has 3 rings (SSSR count). The van der Waals surface area contributed by atoms with Crippen molar-refractivity contribution in [2.45, 2.75) is 6.92 Å². The van der Waals surface area contributed by atoms with Crippen molar-refractivity contribution >= 4 is 23.2 Å². The standard InChI is InChI=1S/C19H16N4O2/c1-13-8-9-14(22-18(24)15-6-2-4-10-20-15)17(12-13)23-19(25)16-7-3-5-11-21-16/h2-12H,1H3,(H,22,24)(H,23,25). The number of aromatic nitrogens is 2. The van der Waals surface area contributed by atoms with Gasteiger partial charge in [0.1, 0.15) is 11.4 Å². The largest absolute Gasteiger partial charge is 0.319 e. The van der Waals surface area contributed by atoms with Crippen molar-refractivity contribution in [3.63, 3.8) is 0 Å². The molecule has 6 heteroatoms. The van der Waals surface area contributed by atoms with Crippen LogP contribution in [0.15, 0.2) is 67.0 Å². The molecule has 0 aliphatic heterocycles. The maximum absolute atomic E-state index is 12.3. The fraction of sp³-hybridized carbons (Fsp3) is 0.0526. The molecule has 0 saturated carbocycles. The second-order valence-corrected chi connectivity index (χ2v) is 5.39. The highest BCUT2D eigenvalue weighted by molar-refractivity contribution is 6.08. The van der Waals surface area contributed by atoms with E-state index in [9.17, 15) is 9.59 Å². The van der Waals surface area contributed by atoms with E-state index in [-0.39, 0.29) is 11.8 Å². The Morgan fingerprint density at radius 3 is 1.84 bits per heavy atom. The molecule has 2 N–H and O–H groups in total. The number of amides is 2. The fourth-order valence-electron chi connectivity index (χ4n) is 2.24. The summed E-state index contributed by atoms with van der Waals surface area (Å²) in [5.41, 5.74) is 2.54. The molecular weight excluding hydrogens is 316 g/mol. The Labute approximate surface area is 145 Å². The van der Waals surface area contributed by atoms with Crippen LogP contribution in [0.5, 0.6) is 0 Å². The topological polar surface area (TPSA) is 84.0 Å². The summed E-state index contributed by atoms with van der Waals surface area (Å²) < 4.78 is 0. The normalized spacial score (nSPS) is 10.1. The third kappa shape index (κ3) is 4.06. The van der Waals surface area contributed by atoms with Crippen LogP contribution in [0, 0.1) is 6.92 Å². The summed E-state index contributed by atoms with van der Waals surface area (Å²) in [6.07, 6.45) is 3.10. The van der Waals surface area contributed by atoms with Crippen LogP contribution in [0.2, 0.25) is 0 Å². The van der Waals surface area contributed by atoms with Crippen molar-refractivity contribution in [2.75, 3.05) is 10.6 Å². The van der Waals surface area contributed by atoms with Crippen molar-refractivity contribution < 1.29 is 9.59 Å². The molecule has 2 heterocycles. The zero-order valence-electron chi connectivity index (χ0n) is 13.6. The summed E-state index contributed by atoms with van der Waals surface area (Å²) in [7, 11) is 0. The van der Waals surface area contributed by atoms with Gasteiger partial charge in [-0.25, -0.2) is 0 Å². The van der Waals surface area contributed by atoms with Crippen molar-refractivity contribution in [3.05, 3.63) is 83.9 Å². The molecule has 0 radical (unpaired) electrons. The Morgan fingerprint density at radius 1 is 0.760 bits per heavy atom. The highest BCUT2D eigenvalue weighted by Gasteiger charge is 2.13. The molecule has 0 unspecified atom stereocenters. The predicted octanol–water partition coefficient (Wildman–Crippen LogP) is 3.29. The molecule has 1 aromatic carbocycles. The summed E-state index contributed by atoms with van der Waals surface area (Å²) in [4.78, 5) is 32.7. The zero-order chi connectivity index (χ0) is 17.6. The van der Waals surface area contributed by atoms with Crippen LogP contribution in [0.3, 0.4) is 0 Å². The number of nitrogens with one attached hydrogen (secondary N) is 2. The van der Waals surface area contributed by atoms with Gasteiger partial charge in [-0.2, -0.15) is 0 Å². The van der Waals surface area contributed by atoms with Crippen LogP contribution in [0.1, 0.15) is 26.5 Å². The van der Waals surface area contributed by atoms with Gasteiger partial charge in [0, 0.05) is 12.4 Å². The van der Waals surface area contributed by atoms with Crippen LogP contribution in [-0.4, -0.2) is 21.8 Å². The molecule has 2 aromatic heterocycles. The number of hydrogen-bond acceptors (Lipinski definition) is 4. The van der Waals surface area contributed by atoms with Crippen molar-refractivity contribution in [3.8, 4) is 0 Å². The summed E-state index contributed by atoms with van der Waals surface area (Å²) in [5, 5.41) is 5.56. The zero-order valence-corrected chi connectivity index (χ0v) is 13.6. The molecular formula is C19H16N4O2. The minimum Gasteiger partial charge on any atom is -0.319 e. The first-order valence-electron chi connectivity index (χ1n) is 7.69. The molecule has 0 fully saturated rings. The van der Waals surface area contributed by atoms with E-state index < -0.39 is 0 Å². The van der Waals surface area contributed by atoms with E-state index >= 15 is 0 Å². The van der Waals surface area contributed by atoms with E-state index in [1.807, 2.05) is 13.0 Å². The van der Waals surface area contributed by atoms with Gasteiger partial charge in [-0.1, -0.05) is 18.2 Å². The Balaban J connectivity index is 1.83. The molecule has 0 saturated heterocycles. The minimum absolute atomic E-state index is 0.296. The molecule has 0 bridgehead atoms. The van der Waals surface area contributed by atoms with Gasteiger partial charge < -0.3 is 10.6 Å². The number of nitrogens with zero attached hydrogens (tertiary/aromatic N) is 2. The molecule has 0 aliphatic carbocycles. The Hall–Kier alpha value is -3.54. The van der Waals surface area contributed by atoms with Gasteiger partial charge in [0.25, 0.3) is 11.8 Å². The first kappa shape index (κ1) is 16.3. The van der Waals surface area contributed by atoms with Crippen molar-refractivity contribution in [1.29, 1.82) is 0 Å². The Morgan fingerprint density at radius 2 is 1.32 bits per heavy atom. The van der Waals surface area contributed by atoms with Crippen LogP contribution in [-0.2, 0) is 0 Å². The molecule has 0 spiro atoms. The lowest BCUT2D eigenvalue weighted by Crippen LogP contribution is -2.18. The van der Waals surface area contributed by atoms with Gasteiger partial charge >= 0.3 is 0 Å². The second kappa shape index (κ2) is 7.35. The predicted molar refractivity (Wildman–Crippen MR) is 95.6 cm³/mol. The molecule has 25 heavy (non-hydrogen) atoms. The Bertz CT molecular complexity index is 896. The first-order valence-corrected chi connectivity index (χ1v) is 7.69. The maximum Gasteiger partial charge on any atom is 0.274 e. The second-order valence-electron chi connectivity index (χ2n) is 5.39. The molecule has 6 nitrogen and oxygen atoms in total. The number of pyridine rings is 2. The third-order valence-electron chi connectivity index (χ3n) is 3.47. The van der Waals surface area contributed by atoms with Gasteiger partial charge in [0.15, 0.2) is 0 Å². The van der Waals surface area contributed by atoms with Gasteiger partial charge in [-0.3, -0.25) is 19.6 Å². The smallest absolute Gasteiger partial charge is 0.274 e. The number of rotatable bonds is 4. The van der Waals surface area contributed by atoms with Gasteiger partial charge in [0.05, 0.1) is 11.4 Å². The minimum atomic E-state index is -0.349. The molecule has 124 valence electrons. The fourth-order valence-corrected chi connectivity index (χ4v) is 2.24. The van der Waals surface area contributed by atoms with Gasteiger partial charge in [-0.05, 0) is 48.9 Å². The Kier molecular flexibility index (Phi) is 4.80. The van der Waals surface area contributed by atoms with Crippen molar-refractivity contribution in [1.82, 2.24) is 9.97 Å². The van der Waals surface area contributed by atoms with E-state index in [0.29, 0.717) is 22.8 Å². The summed E-state index contributed by atoms with van der Waals surface area (Å²) >= 11 is 0. The van der Waals surface area contributed by atoms with Crippen LogP contribution < -0.4 is 10.6 Å². The van der Waals surface area contributed by atoms with Gasteiger partial charge in [-0.15, -0.1) is 0 Å². The number of anilines is 2. The maximum atomic E-state index is 12.3. The van der Waals surface area contributed by atoms with E-state index in [0.717, 1.165) is 5.56 Å². The highest BCUT2D eigenvalue weighted by Crippen LogP contribution is 2.24. The quantitative estimate of drug-likeness (QED) is 0.768. The SMILES string of the molecule is Cc1ccc(NC(=O)c2ccccn2)c(NC(=O)c2ccccn2)c1. The van der Waals surface area contributed by atoms with Crippen molar-refractivity contribution in [2.24, 2.45) is 0 Å². The number of carbonyl (C=O) groups is 2. The van der Waals surface area contributed by atoms with Crippen LogP contribution in [0.25, 0.3) is 0 Å². The first-order chi connectivity index (χ1) is 12.1. The third-order valence-corrected chi connectivity index (χ3v) is 3.47. The van der Waals surface area contributed by atoms with Crippen LogP contribution in [0.4, 0.5) is 11.4 Å². The highest BCUT2D eigenvalue weighted by atomic mass is 16.2.